The lowest BCUT2D eigenvalue weighted by atomic mass is 10.1. The minimum absolute atomic E-state index is 0.146. The number of halogens is 1. The number of benzene rings is 2. The van der Waals surface area contributed by atoms with Crippen molar-refractivity contribution in [1.82, 2.24) is 0 Å². The van der Waals surface area contributed by atoms with Crippen LogP contribution in [-0.4, -0.2) is 26.2 Å². The van der Waals surface area contributed by atoms with Gasteiger partial charge < -0.3 is 10.1 Å². The smallest absolute Gasteiger partial charge is 0.257 e. The number of sulfonamides is 1. The van der Waals surface area contributed by atoms with Crippen molar-refractivity contribution >= 4 is 38.9 Å². The first kappa shape index (κ1) is 18.5. The minimum atomic E-state index is -3.50. The Morgan fingerprint density at radius 3 is 2.62 bits per heavy atom. The van der Waals surface area contributed by atoms with E-state index in [0.717, 1.165) is 0 Å². The third-order valence-electron chi connectivity index (χ3n) is 3.88. The van der Waals surface area contributed by atoms with Crippen LogP contribution in [0.5, 0.6) is 5.75 Å². The molecule has 1 fully saturated rings. The fourth-order valence-corrected chi connectivity index (χ4v) is 4.03. The Balaban J connectivity index is 1.88. The molecule has 0 aliphatic heterocycles. The second-order valence-electron chi connectivity index (χ2n) is 5.92. The van der Waals surface area contributed by atoms with Crippen LogP contribution in [0.3, 0.4) is 0 Å². The van der Waals surface area contributed by atoms with Crippen LogP contribution < -0.4 is 14.8 Å². The fourth-order valence-electron chi connectivity index (χ4n) is 2.45. The van der Waals surface area contributed by atoms with Crippen molar-refractivity contribution in [2.75, 3.05) is 16.6 Å². The molecule has 0 spiro atoms. The molecule has 0 unspecified atom stereocenters. The lowest BCUT2D eigenvalue weighted by Crippen LogP contribution is -2.21. The van der Waals surface area contributed by atoms with Crippen LogP contribution in [0.25, 0.3) is 0 Å². The van der Waals surface area contributed by atoms with E-state index in [1.807, 2.05) is 6.92 Å². The summed E-state index contributed by atoms with van der Waals surface area (Å²) in [6.07, 6.45) is 1.26. The predicted octanol–water partition coefficient (Wildman–Crippen LogP) is 3.90. The van der Waals surface area contributed by atoms with E-state index in [4.69, 9.17) is 16.3 Å². The lowest BCUT2D eigenvalue weighted by Gasteiger charge is -2.15. The molecule has 138 valence electrons. The molecule has 0 radical (unpaired) electrons. The molecule has 6 nitrogen and oxygen atoms in total. The number of amides is 1. The minimum Gasteiger partial charge on any atom is -0.492 e. The largest absolute Gasteiger partial charge is 0.492 e. The first-order valence-electron chi connectivity index (χ1n) is 8.25. The summed E-state index contributed by atoms with van der Waals surface area (Å²) >= 11 is 6.01. The monoisotopic (exact) mass is 394 g/mol. The van der Waals surface area contributed by atoms with Gasteiger partial charge >= 0.3 is 0 Å². The molecule has 3 rings (SSSR count). The van der Waals surface area contributed by atoms with E-state index < -0.39 is 21.2 Å². The molecule has 26 heavy (non-hydrogen) atoms. The highest BCUT2D eigenvalue weighted by molar-refractivity contribution is 7.93. The van der Waals surface area contributed by atoms with Gasteiger partial charge in [0.1, 0.15) is 5.75 Å². The Bertz CT molecular complexity index is 927. The quantitative estimate of drug-likeness (QED) is 0.746. The number of carbonyl (C=O) groups is 1. The van der Waals surface area contributed by atoms with Gasteiger partial charge in [-0.3, -0.25) is 9.52 Å². The molecule has 0 atom stereocenters. The van der Waals surface area contributed by atoms with E-state index in [1.165, 1.54) is 18.2 Å². The normalized spacial score (nSPS) is 13.9. The van der Waals surface area contributed by atoms with E-state index in [9.17, 15) is 13.2 Å². The number of anilines is 2. The van der Waals surface area contributed by atoms with Crippen molar-refractivity contribution in [2.24, 2.45) is 0 Å². The highest BCUT2D eigenvalue weighted by atomic mass is 35.5. The molecular weight excluding hydrogens is 376 g/mol. The van der Waals surface area contributed by atoms with Gasteiger partial charge in [0.2, 0.25) is 10.0 Å². The second kappa shape index (κ2) is 7.55. The average molecular weight is 395 g/mol. The van der Waals surface area contributed by atoms with Gasteiger partial charge in [0.25, 0.3) is 5.91 Å². The van der Waals surface area contributed by atoms with Crippen molar-refractivity contribution in [3.05, 3.63) is 53.1 Å². The van der Waals surface area contributed by atoms with Gasteiger partial charge in [-0.05, 0) is 50.1 Å². The highest BCUT2D eigenvalue weighted by Crippen LogP contribution is 2.32. The first-order chi connectivity index (χ1) is 12.4. The van der Waals surface area contributed by atoms with Crippen LogP contribution in [-0.2, 0) is 10.0 Å². The van der Waals surface area contributed by atoms with E-state index in [2.05, 4.69) is 10.0 Å². The molecule has 2 N–H and O–H groups in total. The number of para-hydroxylation sites is 2. The van der Waals surface area contributed by atoms with Gasteiger partial charge in [-0.15, -0.1) is 0 Å². The van der Waals surface area contributed by atoms with Gasteiger partial charge in [0.15, 0.2) is 0 Å². The first-order valence-corrected chi connectivity index (χ1v) is 10.2. The zero-order chi connectivity index (χ0) is 18.7. The Hall–Kier alpha value is -2.25. The molecule has 2 aromatic carbocycles. The summed E-state index contributed by atoms with van der Waals surface area (Å²) in [7, 11) is -3.50. The van der Waals surface area contributed by atoms with E-state index >= 15 is 0 Å². The van der Waals surface area contributed by atoms with Gasteiger partial charge in [0, 0.05) is 5.02 Å². The molecule has 0 bridgehead atoms. The topological polar surface area (TPSA) is 84.5 Å². The van der Waals surface area contributed by atoms with Crippen LogP contribution in [0.4, 0.5) is 11.4 Å². The summed E-state index contributed by atoms with van der Waals surface area (Å²) in [5, 5.41) is 2.69. The molecule has 8 heteroatoms. The molecular formula is C18H19ClN2O4S. The Kier molecular flexibility index (Phi) is 5.38. The van der Waals surface area contributed by atoms with Gasteiger partial charge in [-0.25, -0.2) is 8.42 Å². The molecule has 0 saturated heterocycles. The summed E-state index contributed by atoms with van der Waals surface area (Å²) in [5.74, 6) is 0.0543. The standard InChI is InChI=1S/C18H19ClN2O4S/c1-2-25-17-6-4-3-5-16(17)20-18(22)14-11-12(19)7-10-15(14)21-26(23,24)13-8-9-13/h3-7,10-11,13,21H,2,8-9H2,1H3,(H,20,22). The summed E-state index contributed by atoms with van der Waals surface area (Å²) < 4.78 is 32.4. The third-order valence-corrected chi connectivity index (χ3v) is 5.97. The van der Waals surface area contributed by atoms with Crippen LogP contribution in [0.15, 0.2) is 42.5 Å². The van der Waals surface area contributed by atoms with Crippen molar-refractivity contribution in [3.63, 3.8) is 0 Å². The van der Waals surface area contributed by atoms with Crippen molar-refractivity contribution in [3.8, 4) is 5.75 Å². The number of hydrogen-bond donors (Lipinski definition) is 2. The Morgan fingerprint density at radius 2 is 1.92 bits per heavy atom. The molecule has 1 saturated carbocycles. The SMILES string of the molecule is CCOc1ccccc1NC(=O)c1cc(Cl)ccc1NS(=O)(=O)C1CC1. The van der Waals surface area contributed by atoms with E-state index in [-0.39, 0.29) is 11.3 Å². The Labute approximate surface area is 157 Å². The van der Waals surface area contributed by atoms with Crippen LogP contribution >= 0.6 is 11.6 Å². The fraction of sp³-hybridized carbons (Fsp3) is 0.278. The number of ether oxygens (including phenoxy) is 1. The maximum atomic E-state index is 12.8. The molecule has 1 aliphatic carbocycles. The second-order valence-corrected chi connectivity index (χ2v) is 8.32. The summed E-state index contributed by atoms with van der Waals surface area (Å²) in [4.78, 5) is 12.8. The van der Waals surface area contributed by atoms with Gasteiger partial charge in [-0.2, -0.15) is 0 Å². The summed E-state index contributed by atoms with van der Waals surface area (Å²) in [5.41, 5.74) is 0.844. The van der Waals surface area contributed by atoms with Crippen molar-refractivity contribution < 1.29 is 17.9 Å². The third kappa shape index (κ3) is 4.28. The number of rotatable bonds is 7. The summed E-state index contributed by atoms with van der Waals surface area (Å²) in [6.45, 7) is 2.30. The Morgan fingerprint density at radius 1 is 1.19 bits per heavy atom. The van der Waals surface area contributed by atoms with E-state index in [0.29, 0.717) is 35.9 Å². The predicted molar refractivity (Wildman–Crippen MR) is 103 cm³/mol. The lowest BCUT2D eigenvalue weighted by molar-refractivity contribution is 0.102. The van der Waals surface area contributed by atoms with Crippen molar-refractivity contribution in [1.29, 1.82) is 0 Å². The van der Waals surface area contributed by atoms with Crippen molar-refractivity contribution in [2.45, 2.75) is 25.0 Å². The molecule has 1 amide bonds. The zero-order valence-corrected chi connectivity index (χ0v) is 15.7. The molecule has 0 aromatic heterocycles. The van der Waals surface area contributed by atoms with Crippen LogP contribution in [0.1, 0.15) is 30.1 Å². The summed E-state index contributed by atoms with van der Waals surface area (Å²) in [6, 6.07) is 11.5. The average Bonchev–Trinajstić information content (AvgIpc) is 3.44. The molecule has 0 heterocycles. The molecule has 2 aromatic rings. The highest BCUT2D eigenvalue weighted by Gasteiger charge is 2.36. The zero-order valence-electron chi connectivity index (χ0n) is 14.2. The number of carbonyl (C=O) groups excluding carboxylic acids is 1. The van der Waals surface area contributed by atoms with Gasteiger partial charge in [-0.1, -0.05) is 23.7 Å². The van der Waals surface area contributed by atoms with Crippen LogP contribution in [0, 0.1) is 0 Å². The number of hydrogen-bond acceptors (Lipinski definition) is 4. The van der Waals surface area contributed by atoms with E-state index in [1.54, 1.807) is 24.3 Å². The number of nitrogens with one attached hydrogen (secondary N) is 2. The van der Waals surface area contributed by atoms with Gasteiger partial charge in [0.05, 0.1) is 28.8 Å². The molecule has 1 aliphatic rings. The van der Waals surface area contributed by atoms with Crippen LogP contribution in [0.2, 0.25) is 5.02 Å². The maximum absolute atomic E-state index is 12.8. The maximum Gasteiger partial charge on any atom is 0.257 e.